The summed E-state index contributed by atoms with van der Waals surface area (Å²) in [4.78, 5) is 12.6. The van der Waals surface area contributed by atoms with Crippen molar-refractivity contribution in [2.75, 3.05) is 13.6 Å². The van der Waals surface area contributed by atoms with Crippen LogP contribution in [0.25, 0.3) is 0 Å². The summed E-state index contributed by atoms with van der Waals surface area (Å²) >= 11 is 5.77. The van der Waals surface area contributed by atoms with Crippen LogP contribution in [0.2, 0.25) is 5.02 Å². The number of rotatable bonds is 4. The van der Waals surface area contributed by atoms with E-state index in [-0.39, 0.29) is 10.6 Å². The Balaban J connectivity index is 3.34. The molecule has 1 aromatic rings. The maximum atomic E-state index is 13.5. The van der Waals surface area contributed by atoms with Crippen LogP contribution in [0, 0.1) is 5.82 Å². The Bertz CT molecular complexity index is 604. The van der Waals surface area contributed by atoms with Crippen LogP contribution >= 0.6 is 22.3 Å². The molecular formula is C11H12Cl2FNO3S. The first-order valence-corrected chi connectivity index (χ1v) is 8.06. The van der Waals surface area contributed by atoms with Crippen molar-refractivity contribution in [1.29, 1.82) is 0 Å². The van der Waals surface area contributed by atoms with E-state index in [1.165, 1.54) is 4.90 Å². The van der Waals surface area contributed by atoms with Crippen LogP contribution in [0.5, 0.6) is 0 Å². The van der Waals surface area contributed by atoms with E-state index in [9.17, 15) is 17.6 Å². The van der Waals surface area contributed by atoms with E-state index in [0.29, 0.717) is 6.54 Å². The molecule has 0 heterocycles. The van der Waals surface area contributed by atoms with Gasteiger partial charge in [-0.3, -0.25) is 4.79 Å². The maximum absolute atomic E-state index is 13.5. The lowest BCUT2D eigenvalue weighted by Gasteiger charge is -2.17. The summed E-state index contributed by atoms with van der Waals surface area (Å²) in [6.45, 7) is 2.35. The molecule has 19 heavy (non-hydrogen) atoms. The van der Waals surface area contributed by atoms with Gasteiger partial charge >= 0.3 is 0 Å². The van der Waals surface area contributed by atoms with Crippen molar-refractivity contribution >= 4 is 37.2 Å². The van der Waals surface area contributed by atoms with Gasteiger partial charge in [0.15, 0.2) is 0 Å². The van der Waals surface area contributed by atoms with Crippen LogP contribution < -0.4 is 0 Å². The number of nitrogens with zero attached hydrogens (tertiary/aromatic N) is 1. The molecule has 0 aromatic heterocycles. The van der Waals surface area contributed by atoms with Gasteiger partial charge in [0.05, 0.1) is 10.6 Å². The number of hydrogen-bond donors (Lipinski definition) is 0. The van der Waals surface area contributed by atoms with E-state index in [2.05, 4.69) is 0 Å². The lowest BCUT2D eigenvalue weighted by Crippen LogP contribution is -2.27. The van der Waals surface area contributed by atoms with Gasteiger partial charge in [-0.05, 0) is 18.6 Å². The third kappa shape index (κ3) is 3.81. The van der Waals surface area contributed by atoms with Crippen LogP contribution in [-0.2, 0) is 9.05 Å². The van der Waals surface area contributed by atoms with Crippen molar-refractivity contribution < 1.29 is 17.6 Å². The molecule has 0 N–H and O–H groups in total. The zero-order valence-corrected chi connectivity index (χ0v) is 12.6. The molecule has 4 nitrogen and oxygen atoms in total. The molecule has 0 fully saturated rings. The van der Waals surface area contributed by atoms with E-state index in [1.807, 2.05) is 6.92 Å². The van der Waals surface area contributed by atoms with Crippen LogP contribution in [0.4, 0.5) is 4.39 Å². The first-order valence-electron chi connectivity index (χ1n) is 5.37. The highest BCUT2D eigenvalue weighted by molar-refractivity contribution is 8.13. The normalized spacial score (nSPS) is 11.4. The van der Waals surface area contributed by atoms with Crippen LogP contribution in [0.3, 0.4) is 0 Å². The lowest BCUT2D eigenvalue weighted by atomic mass is 10.2. The third-order valence-electron chi connectivity index (χ3n) is 2.42. The summed E-state index contributed by atoms with van der Waals surface area (Å²) in [6.07, 6.45) is 0.724. The smallest absolute Gasteiger partial charge is 0.264 e. The fourth-order valence-corrected chi connectivity index (χ4v) is 2.66. The van der Waals surface area contributed by atoms with Gasteiger partial charge in [0.2, 0.25) is 0 Å². The summed E-state index contributed by atoms with van der Waals surface area (Å²) in [5, 5.41) is -0.158. The van der Waals surface area contributed by atoms with Crippen molar-refractivity contribution in [1.82, 2.24) is 4.90 Å². The van der Waals surface area contributed by atoms with Crippen molar-refractivity contribution in [3.8, 4) is 0 Å². The number of amides is 1. The molecule has 1 amide bonds. The van der Waals surface area contributed by atoms with E-state index in [4.69, 9.17) is 22.3 Å². The largest absolute Gasteiger partial charge is 0.342 e. The molecule has 0 bridgehead atoms. The van der Waals surface area contributed by atoms with Crippen molar-refractivity contribution in [2.24, 2.45) is 0 Å². The van der Waals surface area contributed by atoms with E-state index in [0.717, 1.165) is 18.6 Å². The van der Waals surface area contributed by atoms with Crippen molar-refractivity contribution in [2.45, 2.75) is 18.2 Å². The molecular weight excluding hydrogens is 316 g/mol. The molecule has 0 aliphatic heterocycles. The molecule has 0 radical (unpaired) electrons. The summed E-state index contributed by atoms with van der Waals surface area (Å²) in [5.41, 5.74) is -0.0989. The fraction of sp³-hybridized carbons (Fsp3) is 0.364. The quantitative estimate of drug-likeness (QED) is 0.799. The molecule has 106 valence electrons. The number of hydrogen-bond acceptors (Lipinski definition) is 3. The molecule has 0 saturated carbocycles. The highest BCUT2D eigenvalue weighted by Gasteiger charge is 2.23. The molecule has 0 atom stereocenters. The Morgan fingerprint density at radius 1 is 1.42 bits per heavy atom. The average Bonchev–Trinajstić information content (AvgIpc) is 2.26. The Labute approximate surface area is 120 Å². The topological polar surface area (TPSA) is 54.5 Å². The minimum atomic E-state index is -4.28. The summed E-state index contributed by atoms with van der Waals surface area (Å²) in [7, 11) is 2.36. The molecule has 0 spiro atoms. The number of halogens is 3. The summed E-state index contributed by atoms with van der Waals surface area (Å²) < 4.78 is 35.9. The molecule has 0 unspecified atom stereocenters. The van der Waals surface area contributed by atoms with Gasteiger partial charge in [-0.1, -0.05) is 18.5 Å². The fourth-order valence-electron chi connectivity index (χ4n) is 1.52. The van der Waals surface area contributed by atoms with Gasteiger partial charge in [0.25, 0.3) is 15.0 Å². The molecule has 1 aromatic carbocycles. The van der Waals surface area contributed by atoms with E-state index >= 15 is 0 Å². The Morgan fingerprint density at radius 3 is 2.47 bits per heavy atom. The summed E-state index contributed by atoms with van der Waals surface area (Å²) in [6, 6.07) is 1.62. The average molecular weight is 328 g/mol. The molecule has 8 heteroatoms. The van der Waals surface area contributed by atoms with E-state index in [1.54, 1.807) is 7.05 Å². The first-order chi connectivity index (χ1) is 8.68. The van der Waals surface area contributed by atoms with Gasteiger partial charge in [-0.15, -0.1) is 0 Å². The van der Waals surface area contributed by atoms with E-state index < -0.39 is 25.7 Å². The van der Waals surface area contributed by atoms with Crippen LogP contribution in [0.15, 0.2) is 17.0 Å². The molecule has 1 rings (SSSR count). The number of carbonyl (C=O) groups excluding carboxylic acids is 1. The van der Waals surface area contributed by atoms with Gasteiger partial charge in [-0.25, -0.2) is 12.8 Å². The van der Waals surface area contributed by atoms with Gasteiger partial charge in [0.1, 0.15) is 10.7 Å². The Hall–Kier alpha value is -0.850. The summed E-state index contributed by atoms with van der Waals surface area (Å²) in [5.74, 6) is -1.58. The second-order valence-corrected chi connectivity index (χ2v) is 6.87. The number of benzene rings is 1. The zero-order valence-electron chi connectivity index (χ0n) is 10.3. The van der Waals surface area contributed by atoms with Gasteiger partial charge < -0.3 is 4.90 Å². The third-order valence-corrected chi connectivity index (χ3v) is 4.07. The Kier molecular flexibility index (Phi) is 5.18. The highest BCUT2D eigenvalue weighted by atomic mass is 35.7. The minimum absolute atomic E-state index is 0.0989. The SMILES string of the molecule is CCCN(C)C(=O)c1cc(S(=O)(=O)Cl)c(F)cc1Cl. The Morgan fingerprint density at radius 2 is 2.00 bits per heavy atom. The van der Waals surface area contributed by atoms with Crippen molar-refractivity contribution in [3.63, 3.8) is 0 Å². The van der Waals surface area contributed by atoms with Crippen LogP contribution in [0.1, 0.15) is 23.7 Å². The first kappa shape index (κ1) is 16.2. The zero-order chi connectivity index (χ0) is 14.8. The molecule has 0 aliphatic carbocycles. The second kappa shape index (κ2) is 6.07. The predicted molar refractivity (Wildman–Crippen MR) is 71.7 cm³/mol. The molecule has 0 saturated heterocycles. The monoisotopic (exact) mass is 327 g/mol. The predicted octanol–water partition coefficient (Wildman–Crippen LogP) is 2.89. The van der Waals surface area contributed by atoms with Gasteiger partial charge in [0, 0.05) is 24.3 Å². The van der Waals surface area contributed by atoms with Gasteiger partial charge in [-0.2, -0.15) is 0 Å². The molecule has 0 aliphatic rings. The second-order valence-electron chi connectivity index (χ2n) is 3.93. The lowest BCUT2D eigenvalue weighted by molar-refractivity contribution is 0.0795. The standard InChI is InChI=1S/C11H12Cl2FNO3S/c1-3-4-15(2)11(16)7-5-10(19(13,17)18)9(14)6-8(7)12/h5-6H,3-4H2,1-2H3. The highest BCUT2D eigenvalue weighted by Crippen LogP contribution is 2.27. The maximum Gasteiger partial charge on any atom is 0.264 e. The minimum Gasteiger partial charge on any atom is -0.342 e. The van der Waals surface area contributed by atoms with Crippen LogP contribution in [-0.4, -0.2) is 32.8 Å². The van der Waals surface area contributed by atoms with Crippen molar-refractivity contribution in [3.05, 3.63) is 28.5 Å². The number of carbonyl (C=O) groups is 1.